The zero-order valence-electron chi connectivity index (χ0n) is 15.3. The highest BCUT2D eigenvalue weighted by Gasteiger charge is 2.32. The lowest BCUT2D eigenvalue weighted by Crippen LogP contribution is -2.21. The molecule has 0 spiro atoms. The Labute approximate surface area is 156 Å². The number of amides is 1. The van der Waals surface area contributed by atoms with Crippen molar-refractivity contribution in [3.8, 4) is 17.2 Å². The lowest BCUT2D eigenvalue weighted by atomic mass is 10.0. The van der Waals surface area contributed by atoms with Gasteiger partial charge in [0.05, 0.1) is 25.5 Å². The van der Waals surface area contributed by atoms with Gasteiger partial charge in [0.2, 0.25) is 0 Å². The Balaban J connectivity index is 1.72. The Kier molecular flexibility index (Phi) is 5.30. The largest absolute Gasteiger partial charge is 0.497 e. The second kappa shape index (κ2) is 7.65. The summed E-state index contributed by atoms with van der Waals surface area (Å²) in [5.74, 6) is 0.0124. The van der Waals surface area contributed by atoms with Gasteiger partial charge >= 0.3 is 0 Å². The molecule has 27 heavy (non-hydrogen) atoms. The third-order valence-corrected chi connectivity index (χ3v) is 4.46. The van der Waals surface area contributed by atoms with E-state index < -0.39 is 11.7 Å². The van der Waals surface area contributed by atoms with Gasteiger partial charge in [0, 0.05) is 18.1 Å². The van der Waals surface area contributed by atoms with E-state index in [1.54, 1.807) is 25.1 Å². The highest BCUT2D eigenvalue weighted by molar-refractivity contribution is 6.04. The van der Waals surface area contributed by atoms with Gasteiger partial charge in [0.15, 0.2) is 12.4 Å². The van der Waals surface area contributed by atoms with Crippen LogP contribution in [0.1, 0.15) is 35.2 Å². The monoisotopic (exact) mass is 373 g/mol. The SMILES string of the molecule is COc1ccc(NC(=O)COc2ccc(F)c3c2C(=O)C[C@H]3C)c(OC)c1. The molecule has 1 aliphatic rings. The van der Waals surface area contributed by atoms with Gasteiger partial charge in [-0.2, -0.15) is 0 Å². The first-order chi connectivity index (χ1) is 12.9. The molecular weight excluding hydrogens is 353 g/mol. The minimum Gasteiger partial charge on any atom is -0.497 e. The van der Waals surface area contributed by atoms with E-state index in [0.717, 1.165) is 0 Å². The number of methoxy groups -OCH3 is 2. The van der Waals surface area contributed by atoms with Crippen molar-refractivity contribution in [2.75, 3.05) is 26.1 Å². The molecule has 0 aromatic heterocycles. The lowest BCUT2D eigenvalue weighted by molar-refractivity contribution is -0.118. The van der Waals surface area contributed by atoms with Crippen LogP contribution < -0.4 is 19.5 Å². The number of rotatable bonds is 6. The van der Waals surface area contributed by atoms with E-state index in [1.165, 1.54) is 26.4 Å². The number of anilines is 1. The second-order valence-electron chi connectivity index (χ2n) is 6.27. The Bertz CT molecular complexity index is 896. The summed E-state index contributed by atoms with van der Waals surface area (Å²) in [6.45, 7) is 1.47. The van der Waals surface area contributed by atoms with Crippen molar-refractivity contribution < 1.29 is 28.2 Å². The first-order valence-corrected chi connectivity index (χ1v) is 8.44. The molecule has 0 fully saturated rings. The molecule has 2 aromatic rings. The molecule has 0 bridgehead atoms. The molecule has 2 aromatic carbocycles. The Morgan fingerprint density at radius 2 is 1.96 bits per heavy atom. The van der Waals surface area contributed by atoms with Gasteiger partial charge in [0.1, 0.15) is 23.1 Å². The third kappa shape index (κ3) is 3.72. The predicted octanol–water partition coefficient (Wildman–Crippen LogP) is 3.55. The second-order valence-corrected chi connectivity index (χ2v) is 6.27. The van der Waals surface area contributed by atoms with Crippen LogP contribution in [0.4, 0.5) is 10.1 Å². The average Bonchev–Trinajstić information content (AvgIpc) is 2.97. The molecule has 3 rings (SSSR count). The van der Waals surface area contributed by atoms with Gasteiger partial charge in [-0.15, -0.1) is 0 Å². The van der Waals surface area contributed by atoms with Crippen LogP contribution in [0.15, 0.2) is 30.3 Å². The van der Waals surface area contributed by atoms with E-state index in [-0.39, 0.29) is 36.0 Å². The summed E-state index contributed by atoms with van der Waals surface area (Å²) in [5.41, 5.74) is 1.05. The van der Waals surface area contributed by atoms with Crippen molar-refractivity contribution >= 4 is 17.4 Å². The van der Waals surface area contributed by atoms with E-state index in [1.807, 2.05) is 0 Å². The zero-order valence-corrected chi connectivity index (χ0v) is 15.3. The summed E-state index contributed by atoms with van der Waals surface area (Å²) in [7, 11) is 3.01. The minimum absolute atomic E-state index is 0.177. The first kappa shape index (κ1) is 18.7. The summed E-state index contributed by atoms with van der Waals surface area (Å²) >= 11 is 0. The molecule has 1 atom stereocenters. The number of halogens is 1. The predicted molar refractivity (Wildman–Crippen MR) is 97.4 cm³/mol. The quantitative estimate of drug-likeness (QED) is 0.838. The molecule has 1 amide bonds. The number of hydrogen-bond acceptors (Lipinski definition) is 5. The number of carbonyl (C=O) groups excluding carboxylic acids is 2. The van der Waals surface area contributed by atoms with Gasteiger partial charge in [-0.25, -0.2) is 4.39 Å². The minimum atomic E-state index is -0.435. The first-order valence-electron chi connectivity index (χ1n) is 8.44. The number of fused-ring (bicyclic) bond motifs is 1. The highest BCUT2D eigenvalue weighted by atomic mass is 19.1. The molecule has 0 saturated heterocycles. The van der Waals surface area contributed by atoms with Crippen LogP contribution in [0.25, 0.3) is 0 Å². The summed E-state index contributed by atoms with van der Waals surface area (Å²) in [5, 5.41) is 2.68. The summed E-state index contributed by atoms with van der Waals surface area (Å²) in [6.07, 6.45) is 0.238. The van der Waals surface area contributed by atoms with Gasteiger partial charge in [-0.05, 0) is 30.2 Å². The molecule has 1 aliphatic carbocycles. The third-order valence-electron chi connectivity index (χ3n) is 4.46. The average molecular weight is 373 g/mol. The topological polar surface area (TPSA) is 73.9 Å². The zero-order chi connectivity index (χ0) is 19.6. The van der Waals surface area contributed by atoms with E-state index in [9.17, 15) is 14.0 Å². The fourth-order valence-electron chi connectivity index (χ4n) is 3.18. The van der Waals surface area contributed by atoms with Crippen molar-refractivity contribution in [3.63, 3.8) is 0 Å². The lowest BCUT2D eigenvalue weighted by Gasteiger charge is -2.13. The molecule has 142 valence electrons. The standard InChI is InChI=1S/C20H20FNO5/c1-11-8-15(23)20-16(7-5-13(21)19(11)20)27-10-18(24)22-14-6-4-12(25-2)9-17(14)26-3/h4-7,9,11H,8,10H2,1-3H3,(H,22,24)/t11-/m1/s1. The number of carbonyl (C=O) groups is 2. The highest BCUT2D eigenvalue weighted by Crippen LogP contribution is 2.39. The van der Waals surface area contributed by atoms with Gasteiger partial charge in [0.25, 0.3) is 5.91 Å². The van der Waals surface area contributed by atoms with E-state index in [0.29, 0.717) is 22.7 Å². The molecule has 0 radical (unpaired) electrons. The Morgan fingerprint density at radius 1 is 1.19 bits per heavy atom. The van der Waals surface area contributed by atoms with Crippen LogP contribution in [-0.4, -0.2) is 32.5 Å². The molecular formula is C20H20FNO5. The van der Waals surface area contributed by atoms with Crippen LogP contribution in [0.2, 0.25) is 0 Å². The van der Waals surface area contributed by atoms with Crippen LogP contribution in [0, 0.1) is 5.82 Å². The summed E-state index contributed by atoms with van der Waals surface area (Å²) in [6, 6.07) is 7.62. The van der Waals surface area contributed by atoms with Crippen molar-refractivity contribution in [2.45, 2.75) is 19.3 Å². The van der Waals surface area contributed by atoms with Gasteiger partial charge < -0.3 is 19.5 Å². The van der Waals surface area contributed by atoms with Crippen molar-refractivity contribution in [1.82, 2.24) is 0 Å². The van der Waals surface area contributed by atoms with Crippen LogP contribution in [0.5, 0.6) is 17.2 Å². The van der Waals surface area contributed by atoms with Gasteiger partial charge in [-0.1, -0.05) is 6.92 Å². The number of benzene rings is 2. The molecule has 0 saturated carbocycles. The normalized spacial score (nSPS) is 15.3. The van der Waals surface area contributed by atoms with Crippen LogP contribution >= 0.6 is 0 Å². The van der Waals surface area contributed by atoms with E-state index >= 15 is 0 Å². The molecule has 0 aliphatic heterocycles. The molecule has 0 heterocycles. The number of ether oxygens (including phenoxy) is 3. The number of ketones is 1. The Morgan fingerprint density at radius 3 is 2.67 bits per heavy atom. The van der Waals surface area contributed by atoms with Crippen molar-refractivity contribution in [3.05, 3.63) is 47.3 Å². The van der Waals surface area contributed by atoms with Crippen molar-refractivity contribution in [2.24, 2.45) is 0 Å². The number of hydrogen-bond donors (Lipinski definition) is 1. The fourth-order valence-corrected chi connectivity index (χ4v) is 3.18. The van der Waals surface area contributed by atoms with Crippen molar-refractivity contribution in [1.29, 1.82) is 0 Å². The van der Waals surface area contributed by atoms with E-state index in [4.69, 9.17) is 14.2 Å². The maximum Gasteiger partial charge on any atom is 0.262 e. The summed E-state index contributed by atoms with van der Waals surface area (Å²) in [4.78, 5) is 24.4. The summed E-state index contributed by atoms with van der Waals surface area (Å²) < 4.78 is 29.9. The van der Waals surface area contributed by atoms with Gasteiger partial charge in [-0.3, -0.25) is 9.59 Å². The number of Topliss-reactive ketones (excluding diaryl/α,β-unsaturated/α-hetero) is 1. The van der Waals surface area contributed by atoms with Crippen LogP contribution in [0.3, 0.4) is 0 Å². The smallest absolute Gasteiger partial charge is 0.262 e. The molecule has 6 nitrogen and oxygen atoms in total. The Hall–Kier alpha value is -3.09. The molecule has 7 heteroatoms. The molecule has 0 unspecified atom stereocenters. The number of nitrogens with one attached hydrogen (secondary N) is 1. The van der Waals surface area contributed by atoms with Crippen LogP contribution in [-0.2, 0) is 4.79 Å². The maximum absolute atomic E-state index is 14.0. The molecule has 1 N–H and O–H groups in total. The fraction of sp³-hybridized carbons (Fsp3) is 0.300. The maximum atomic E-state index is 14.0. The van der Waals surface area contributed by atoms with E-state index in [2.05, 4.69) is 5.32 Å².